The summed E-state index contributed by atoms with van der Waals surface area (Å²) >= 11 is 0. The summed E-state index contributed by atoms with van der Waals surface area (Å²) in [6.07, 6.45) is 8.86. The molecule has 0 aromatic heterocycles. The van der Waals surface area contributed by atoms with Crippen LogP contribution in [-0.4, -0.2) is 36.6 Å². The molecule has 0 unspecified atom stereocenters. The van der Waals surface area contributed by atoms with Crippen LogP contribution in [0.4, 0.5) is 0 Å². The third kappa shape index (κ3) is 5.76. The third-order valence-electron chi connectivity index (χ3n) is 5.27. The average molecular weight is 471 g/mol. The SMILES string of the molecule is CCCCCCOc1cc(C)ccc1CNC1=NC[C@@H]2CCCCN12.I. The van der Waals surface area contributed by atoms with E-state index in [4.69, 9.17) is 9.73 Å². The molecule has 4 nitrogen and oxygen atoms in total. The van der Waals surface area contributed by atoms with E-state index in [1.807, 2.05) is 0 Å². The molecule has 2 heterocycles. The summed E-state index contributed by atoms with van der Waals surface area (Å²) in [6, 6.07) is 7.15. The van der Waals surface area contributed by atoms with Crippen LogP contribution in [0.1, 0.15) is 63.0 Å². The van der Waals surface area contributed by atoms with Crippen LogP contribution in [0.2, 0.25) is 0 Å². The number of aryl methyl sites for hydroxylation is 1. The molecular weight excluding hydrogens is 437 g/mol. The smallest absolute Gasteiger partial charge is 0.194 e. The third-order valence-corrected chi connectivity index (χ3v) is 5.27. The Morgan fingerprint density at radius 1 is 1.23 bits per heavy atom. The minimum atomic E-state index is 0. The fourth-order valence-electron chi connectivity index (χ4n) is 3.74. The number of hydrogen-bond acceptors (Lipinski definition) is 4. The van der Waals surface area contributed by atoms with E-state index in [1.54, 1.807) is 0 Å². The zero-order valence-electron chi connectivity index (χ0n) is 16.3. The number of nitrogens with one attached hydrogen (secondary N) is 1. The van der Waals surface area contributed by atoms with E-state index in [9.17, 15) is 0 Å². The van der Waals surface area contributed by atoms with Crippen LogP contribution in [0, 0.1) is 6.92 Å². The lowest BCUT2D eigenvalue weighted by Gasteiger charge is -2.32. The molecule has 1 aromatic carbocycles. The van der Waals surface area contributed by atoms with Crippen molar-refractivity contribution in [2.75, 3.05) is 19.7 Å². The number of nitrogens with zero attached hydrogens (tertiary/aromatic N) is 2. The fraction of sp³-hybridized carbons (Fsp3) is 0.667. The average Bonchev–Trinajstić information content (AvgIpc) is 3.04. The van der Waals surface area contributed by atoms with Crippen molar-refractivity contribution in [2.45, 2.75) is 71.4 Å². The highest BCUT2D eigenvalue weighted by Gasteiger charge is 2.29. The number of ether oxygens (including phenoxy) is 1. The van der Waals surface area contributed by atoms with Crippen molar-refractivity contribution in [3.63, 3.8) is 0 Å². The maximum Gasteiger partial charge on any atom is 0.194 e. The van der Waals surface area contributed by atoms with Gasteiger partial charge in [0.15, 0.2) is 5.96 Å². The molecule has 146 valence electrons. The highest BCUT2D eigenvalue weighted by Crippen LogP contribution is 2.23. The van der Waals surface area contributed by atoms with Crippen molar-refractivity contribution in [3.05, 3.63) is 29.3 Å². The standard InChI is InChI=1S/C21H33N3O.HI/c1-3-4-5-8-13-25-20-14-17(2)10-11-18(20)15-22-21-23-16-19-9-6-7-12-24(19)21;/h10-11,14,19H,3-9,12-13,15-16H2,1-2H3,(H,22,23);1H/t19-;/m0./s1. The van der Waals surface area contributed by atoms with Gasteiger partial charge in [-0.2, -0.15) is 0 Å². The summed E-state index contributed by atoms with van der Waals surface area (Å²) < 4.78 is 6.09. The van der Waals surface area contributed by atoms with Gasteiger partial charge in [-0.1, -0.05) is 38.3 Å². The topological polar surface area (TPSA) is 36.9 Å². The summed E-state index contributed by atoms with van der Waals surface area (Å²) in [5.74, 6) is 2.11. The van der Waals surface area contributed by atoms with Gasteiger partial charge in [0.2, 0.25) is 0 Å². The number of guanidine groups is 1. The first kappa shape index (κ1) is 21.3. The van der Waals surface area contributed by atoms with Crippen molar-refractivity contribution in [2.24, 2.45) is 4.99 Å². The van der Waals surface area contributed by atoms with E-state index in [0.29, 0.717) is 6.04 Å². The highest BCUT2D eigenvalue weighted by molar-refractivity contribution is 14.0. The maximum absolute atomic E-state index is 6.09. The number of unbranched alkanes of at least 4 members (excludes halogenated alkanes) is 3. The molecule has 0 amide bonds. The lowest BCUT2D eigenvalue weighted by molar-refractivity contribution is 0.262. The van der Waals surface area contributed by atoms with Crippen molar-refractivity contribution in [1.82, 2.24) is 10.2 Å². The molecule has 2 aliphatic rings. The Labute approximate surface area is 175 Å². The van der Waals surface area contributed by atoms with E-state index in [1.165, 1.54) is 49.7 Å². The number of benzene rings is 1. The molecule has 2 aliphatic heterocycles. The molecule has 1 N–H and O–H groups in total. The Kier molecular flexibility index (Phi) is 9.02. The molecular formula is C21H34IN3O. The first-order valence-electron chi connectivity index (χ1n) is 10.0. The molecule has 0 radical (unpaired) electrons. The predicted molar refractivity (Wildman–Crippen MR) is 120 cm³/mol. The van der Waals surface area contributed by atoms with Crippen LogP contribution in [0.25, 0.3) is 0 Å². The second kappa shape index (κ2) is 11.0. The van der Waals surface area contributed by atoms with Gasteiger partial charge in [-0.15, -0.1) is 24.0 Å². The molecule has 0 bridgehead atoms. The van der Waals surface area contributed by atoms with Crippen LogP contribution >= 0.6 is 24.0 Å². The van der Waals surface area contributed by atoms with Gasteiger partial charge in [0.25, 0.3) is 0 Å². The van der Waals surface area contributed by atoms with Crippen LogP contribution < -0.4 is 10.1 Å². The Bertz CT molecular complexity index is 591. The monoisotopic (exact) mass is 471 g/mol. The molecule has 0 spiro atoms. The molecule has 1 fully saturated rings. The lowest BCUT2D eigenvalue weighted by atomic mass is 10.0. The van der Waals surface area contributed by atoms with Gasteiger partial charge in [-0.3, -0.25) is 4.99 Å². The van der Waals surface area contributed by atoms with Crippen molar-refractivity contribution < 1.29 is 4.74 Å². The van der Waals surface area contributed by atoms with Gasteiger partial charge < -0.3 is 15.0 Å². The molecule has 0 aliphatic carbocycles. The molecule has 5 heteroatoms. The number of aliphatic imine (C=N–C) groups is 1. The maximum atomic E-state index is 6.09. The number of rotatable bonds is 8. The van der Waals surface area contributed by atoms with Crippen LogP contribution in [0.3, 0.4) is 0 Å². The second-order valence-electron chi connectivity index (χ2n) is 7.38. The fourth-order valence-corrected chi connectivity index (χ4v) is 3.74. The summed E-state index contributed by atoms with van der Waals surface area (Å²) in [5.41, 5.74) is 2.48. The van der Waals surface area contributed by atoms with Gasteiger partial charge in [-0.05, 0) is 44.2 Å². The number of piperidine rings is 1. The van der Waals surface area contributed by atoms with Gasteiger partial charge in [0.05, 0.1) is 19.2 Å². The van der Waals surface area contributed by atoms with Gasteiger partial charge in [0.1, 0.15) is 5.75 Å². The van der Waals surface area contributed by atoms with E-state index in [0.717, 1.165) is 44.4 Å². The number of halogens is 1. The Hall–Kier alpha value is -0.980. The van der Waals surface area contributed by atoms with E-state index < -0.39 is 0 Å². The quantitative estimate of drug-likeness (QED) is 0.434. The second-order valence-corrected chi connectivity index (χ2v) is 7.38. The summed E-state index contributed by atoms with van der Waals surface area (Å²) in [5, 5.41) is 3.56. The molecule has 0 saturated carbocycles. The van der Waals surface area contributed by atoms with Crippen molar-refractivity contribution >= 4 is 29.9 Å². The normalized spacial score (nSPS) is 18.8. The van der Waals surface area contributed by atoms with Crippen molar-refractivity contribution in [3.8, 4) is 5.75 Å². The molecule has 1 saturated heterocycles. The first-order chi connectivity index (χ1) is 12.3. The van der Waals surface area contributed by atoms with Crippen LogP contribution in [0.15, 0.2) is 23.2 Å². The van der Waals surface area contributed by atoms with Crippen LogP contribution in [0.5, 0.6) is 5.75 Å². The molecule has 26 heavy (non-hydrogen) atoms. The van der Waals surface area contributed by atoms with E-state index in [-0.39, 0.29) is 24.0 Å². The summed E-state index contributed by atoms with van der Waals surface area (Å²) in [6.45, 7) is 8.06. The molecule has 1 atom stereocenters. The highest BCUT2D eigenvalue weighted by atomic mass is 127. The van der Waals surface area contributed by atoms with E-state index >= 15 is 0 Å². The Morgan fingerprint density at radius 3 is 2.96 bits per heavy atom. The van der Waals surface area contributed by atoms with Crippen LogP contribution in [-0.2, 0) is 6.54 Å². The minimum absolute atomic E-state index is 0. The van der Waals surface area contributed by atoms with Gasteiger partial charge in [0, 0.05) is 18.7 Å². The predicted octanol–water partition coefficient (Wildman–Crippen LogP) is 4.89. The Morgan fingerprint density at radius 2 is 2.12 bits per heavy atom. The molecule has 3 rings (SSSR count). The van der Waals surface area contributed by atoms with Crippen molar-refractivity contribution in [1.29, 1.82) is 0 Å². The minimum Gasteiger partial charge on any atom is -0.493 e. The Balaban J connectivity index is 0.00000243. The van der Waals surface area contributed by atoms with Gasteiger partial charge in [-0.25, -0.2) is 0 Å². The van der Waals surface area contributed by atoms with E-state index in [2.05, 4.69) is 42.3 Å². The zero-order valence-corrected chi connectivity index (χ0v) is 18.6. The lowest BCUT2D eigenvalue weighted by Crippen LogP contribution is -2.45. The first-order valence-corrected chi connectivity index (χ1v) is 10.0. The van der Waals surface area contributed by atoms with Gasteiger partial charge >= 0.3 is 0 Å². The molecule has 1 aromatic rings. The largest absolute Gasteiger partial charge is 0.493 e. The summed E-state index contributed by atoms with van der Waals surface area (Å²) in [4.78, 5) is 7.19. The number of hydrogen-bond donors (Lipinski definition) is 1. The number of fused-ring (bicyclic) bond motifs is 1. The summed E-state index contributed by atoms with van der Waals surface area (Å²) in [7, 11) is 0. The zero-order chi connectivity index (χ0) is 17.5.